The van der Waals surface area contributed by atoms with Crippen LogP contribution in [0.1, 0.15) is 29.8 Å². The topological polar surface area (TPSA) is 90.0 Å². The maximum Gasteiger partial charge on any atom is 0.387 e. The summed E-state index contributed by atoms with van der Waals surface area (Å²) in [6, 6.07) is 11.0. The summed E-state index contributed by atoms with van der Waals surface area (Å²) in [6.07, 6.45) is 2.54. The number of hydrogen-bond donors (Lipinski definition) is 0. The molecule has 0 N–H and O–H groups in total. The van der Waals surface area contributed by atoms with E-state index in [1.807, 2.05) is 0 Å². The molecule has 0 radical (unpaired) electrons. The Labute approximate surface area is 185 Å². The molecule has 0 aliphatic heterocycles. The van der Waals surface area contributed by atoms with Gasteiger partial charge in [0, 0.05) is 24.7 Å². The third kappa shape index (κ3) is 6.96. The highest BCUT2D eigenvalue weighted by Gasteiger charge is 2.21. The van der Waals surface area contributed by atoms with E-state index in [1.165, 1.54) is 46.8 Å². The average Bonchev–Trinajstić information content (AvgIpc) is 2.77. The summed E-state index contributed by atoms with van der Waals surface area (Å²) in [7, 11) is -3.57. The number of ether oxygens (including phenoxy) is 2. The van der Waals surface area contributed by atoms with Gasteiger partial charge in [0.05, 0.1) is 4.90 Å². The Hall–Kier alpha value is -3.11. The lowest BCUT2D eigenvalue weighted by Crippen LogP contribution is -2.30. The van der Waals surface area contributed by atoms with E-state index in [-0.39, 0.29) is 16.2 Å². The van der Waals surface area contributed by atoms with Gasteiger partial charge in [-0.15, -0.1) is 0 Å². The van der Waals surface area contributed by atoms with Gasteiger partial charge in [0.25, 0.3) is 0 Å². The lowest BCUT2D eigenvalue weighted by molar-refractivity contribution is -0.136. The van der Waals surface area contributed by atoms with Crippen LogP contribution in [-0.4, -0.2) is 50.8 Å². The maximum absolute atomic E-state index is 12.5. The molecule has 2 rings (SSSR count). The Balaban J connectivity index is 1.91. The van der Waals surface area contributed by atoms with Crippen molar-refractivity contribution in [1.82, 2.24) is 4.31 Å². The Morgan fingerprint density at radius 3 is 2.12 bits per heavy atom. The van der Waals surface area contributed by atoms with Crippen molar-refractivity contribution in [2.24, 2.45) is 0 Å². The highest BCUT2D eigenvalue weighted by atomic mass is 32.2. The average molecular weight is 467 g/mol. The molecule has 0 aliphatic carbocycles. The Morgan fingerprint density at radius 2 is 1.59 bits per heavy atom. The highest BCUT2D eigenvalue weighted by Crippen LogP contribution is 2.17. The molecule has 0 aliphatic rings. The number of Topliss-reactive ketones (excluding diaryl/α,β-unsaturated/α-hetero) is 1. The molecule has 0 atom stereocenters. The van der Waals surface area contributed by atoms with Gasteiger partial charge in [-0.3, -0.25) is 4.79 Å². The van der Waals surface area contributed by atoms with Crippen molar-refractivity contribution in [3.05, 3.63) is 65.7 Å². The molecule has 0 heterocycles. The smallest absolute Gasteiger partial charge is 0.387 e. The molecule has 7 nitrogen and oxygen atoms in total. The molecule has 0 spiro atoms. The van der Waals surface area contributed by atoms with Gasteiger partial charge in [-0.05, 0) is 48.0 Å². The van der Waals surface area contributed by atoms with Gasteiger partial charge in [0.15, 0.2) is 12.4 Å². The molecule has 10 heteroatoms. The molecule has 172 valence electrons. The van der Waals surface area contributed by atoms with Crippen molar-refractivity contribution in [1.29, 1.82) is 0 Å². The number of rotatable bonds is 11. The van der Waals surface area contributed by atoms with Crippen LogP contribution in [0.3, 0.4) is 0 Å². The summed E-state index contributed by atoms with van der Waals surface area (Å²) >= 11 is 0. The number of carbonyl (C=O) groups is 2. The fourth-order valence-electron chi connectivity index (χ4n) is 2.72. The quantitative estimate of drug-likeness (QED) is 0.284. The van der Waals surface area contributed by atoms with Gasteiger partial charge in [0.2, 0.25) is 10.0 Å². The number of carbonyl (C=O) groups excluding carboxylic acids is 2. The van der Waals surface area contributed by atoms with Gasteiger partial charge in [0.1, 0.15) is 5.75 Å². The fraction of sp³-hybridized carbons (Fsp3) is 0.273. The molecule has 0 amide bonds. The highest BCUT2D eigenvalue weighted by molar-refractivity contribution is 7.89. The normalized spacial score (nSPS) is 11.8. The standard InChI is InChI=1S/C22H23F2NO6S/c1-3-25(4-2)32(28,29)19-12-5-16(6-13-19)7-14-21(27)30-15-20(26)17-8-10-18(11-9-17)31-22(23)24/h5-14,22H,3-4,15H2,1-2H3/b14-7+. The first-order chi connectivity index (χ1) is 15.2. The minimum atomic E-state index is -3.57. The SMILES string of the molecule is CCN(CC)S(=O)(=O)c1ccc(/C=C/C(=O)OCC(=O)c2ccc(OC(F)F)cc2)cc1. The second-order valence-corrected chi connectivity index (χ2v) is 8.36. The van der Waals surface area contributed by atoms with Crippen LogP contribution in [0.4, 0.5) is 8.78 Å². The predicted octanol–water partition coefficient (Wildman–Crippen LogP) is 3.76. The second kappa shape index (κ2) is 11.5. The molecular formula is C22H23F2NO6S. The molecule has 0 unspecified atom stereocenters. The van der Waals surface area contributed by atoms with E-state index < -0.39 is 35.0 Å². The number of benzene rings is 2. The van der Waals surface area contributed by atoms with Crippen LogP contribution in [0.2, 0.25) is 0 Å². The molecule has 32 heavy (non-hydrogen) atoms. The van der Waals surface area contributed by atoms with Crippen LogP contribution in [0, 0.1) is 0 Å². The van der Waals surface area contributed by atoms with E-state index in [9.17, 15) is 26.8 Å². The lowest BCUT2D eigenvalue weighted by atomic mass is 10.1. The monoisotopic (exact) mass is 467 g/mol. The predicted molar refractivity (Wildman–Crippen MR) is 114 cm³/mol. The van der Waals surface area contributed by atoms with Gasteiger partial charge in [-0.1, -0.05) is 26.0 Å². The fourth-order valence-corrected chi connectivity index (χ4v) is 4.18. The van der Waals surface area contributed by atoms with Gasteiger partial charge in [-0.2, -0.15) is 13.1 Å². The summed E-state index contributed by atoms with van der Waals surface area (Å²) < 4.78 is 59.6. The van der Waals surface area contributed by atoms with E-state index in [0.717, 1.165) is 6.08 Å². The van der Waals surface area contributed by atoms with Crippen LogP contribution in [0.25, 0.3) is 6.08 Å². The minimum Gasteiger partial charge on any atom is -0.454 e. The zero-order valence-corrected chi connectivity index (χ0v) is 18.3. The number of nitrogens with zero attached hydrogens (tertiary/aromatic N) is 1. The number of ketones is 1. The third-order valence-electron chi connectivity index (χ3n) is 4.38. The number of sulfonamides is 1. The van der Waals surface area contributed by atoms with Crippen LogP contribution in [0.5, 0.6) is 5.75 Å². The third-order valence-corrected chi connectivity index (χ3v) is 6.45. The molecule has 0 bridgehead atoms. The molecule has 0 saturated carbocycles. The van der Waals surface area contributed by atoms with Crippen molar-refractivity contribution in [2.45, 2.75) is 25.4 Å². The van der Waals surface area contributed by atoms with Crippen molar-refractivity contribution in [3.8, 4) is 5.75 Å². The summed E-state index contributed by atoms with van der Waals surface area (Å²) in [6.45, 7) is 0.736. The van der Waals surface area contributed by atoms with E-state index in [2.05, 4.69) is 4.74 Å². The van der Waals surface area contributed by atoms with E-state index in [1.54, 1.807) is 26.0 Å². The van der Waals surface area contributed by atoms with Crippen molar-refractivity contribution >= 4 is 27.9 Å². The number of esters is 1. The minimum absolute atomic E-state index is 0.0904. The van der Waals surface area contributed by atoms with E-state index >= 15 is 0 Å². The van der Waals surface area contributed by atoms with E-state index in [4.69, 9.17) is 4.74 Å². The zero-order chi connectivity index (χ0) is 23.7. The Bertz CT molecular complexity index is 1050. The van der Waals surface area contributed by atoms with Gasteiger partial charge < -0.3 is 9.47 Å². The summed E-state index contributed by atoms with van der Waals surface area (Å²) in [5, 5.41) is 0. The molecule has 2 aromatic carbocycles. The van der Waals surface area contributed by atoms with Gasteiger partial charge >= 0.3 is 12.6 Å². The molecule has 0 saturated heterocycles. The Kier molecular flexibility index (Phi) is 9.03. The van der Waals surface area contributed by atoms with Crippen molar-refractivity contribution < 1.29 is 36.3 Å². The Morgan fingerprint density at radius 1 is 1.00 bits per heavy atom. The van der Waals surface area contributed by atoms with Crippen LogP contribution in [-0.2, 0) is 19.6 Å². The second-order valence-electron chi connectivity index (χ2n) is 6.43. The lowest BCUT2D eigenvalue weighted by Gasteiger charge is -2.18. The first kappa shape index (κ1) is 25.2. The van der Waals surface area contributed by atoms with E-state index in [0.29, 0.717) is 18.7 Å². The number of alkyl halides is 2. The molecule has 0 fully saturated rings. The maximum atomic E-state index is 12.5. The number of hydrogen-bond acceptors (Lipinski definition) is 6. The van der Waals surface area contributed by atoms with Crippen LogP contribution < -0.4 is 4.74 Å². The van der Waals surface area contributed by atoms with Crippen molar-refractivity contribution in [2.75, 3.05) is 19.7 Å². The van der Waals surface area contributed by atoms with Gasteiger partial charge in [-0.25, -0.2) is 13.2 Å². The summed E-state index contributed by atoms with van der Waals surface area (Å²) in [5.74, 6) is -1.37. The summed E-state index contributed by atoms with van der Waals surface area (Å²) in [4.78, 5) is 24.0. The van der Waals surface area contributed by atoms with Crippen LogP contribution in [0.15, 0.2) is 59.5 Å². The molecule has 0 aromatic heterocycles. The number of halogens is 2. The first-order valence-corrected chi connectivity index (χ1v) is 11.1. The first-order valence-electron chi connectivity index (χ1n) is 9.70. The molecule has 2 aromatic rings. The van der Waals surface area contributed by atoms with Crippen molar-refractivity contribution in [3.63, 3.8) is 0 Å². The summed E-state index contributed by atoms with van der Waals surface area (Å²) in [5.41, 5.74) is 0.745. The largest absolute Gasteiger partial charge is 0.454 e. The zero-order valence-electron chi connectivity index (χ0n) is 17.5. The van der Waals surface area contributed by atoms with Crippen LogP contribution >= 0.6 is 0 Å². The molecular weight excluding hydrogens is 444 g/mol.